The fraction of sp³-hybridized carbons (Fsp3) is 0.571. The van der Waals surface area contributed by atoms with E-state index in [0.29, 0.717) is 17.7 Å². The Morgan fingerprint density at radius 3 is 2.88 bits per heavy atom. The summed E-state index contributed by atoms with van der Waals surface area (Å²) in [5.41, 5.74) is 7.28. The van der Waals surface area contributed by atoms with Gasteiger partial charge in [0.05, 0.1) is 0 Å². The number of phenolic OH excluding ortho intramolecular Hbond substituents is 1. The summed E-state index contributed by atoms with van der Waals surface area (Å²) < 4.78 is 0. The van der Waals surface area contributed by atoms with Crippen molar-refractivity contribution in [2.75, 3.05) is 13.1 Å². The average molecular weight is 234 g/mol. The lowest BCUT2D eigenvalue weighted by atomic mass is 9.92. The van der Waals surface area contributed by atoms with E-state index in [0.717, 1.165) is 25.1 Å². The molecule has 3 heteroatoms. The van der Waals surface area contributed by atoms with Gasteiger partial charge in [-0.05, 0) is 43.5 Å². The number of hydrogen-bond donors (Lipinski definition) is 2. The fourth-order valence-electron chi connectivity index (χ4n) is 2.47. The number of likely N-dealkylation sites (tertiary alicyclic amines) is 1. The predicted molar refractivity (Wildman–Crippen MR) is 69.9 cm³/mol. The van der Waals surface area contributed by atoms with Gasteiger partial charge < -0.3 is 10.8 Å². The smallest absolute Gasteiger partial charge is 0.115 e. The number of aromatic hydroxyl groups is 1. The monoisotopic (exact) mass is 234 g/mol. The van der Waals surface area contributed by atoms with Gasteiger partial charge in [0.15, 0.2) is 0 Å². The van der Waals surface area contributed by atoms with Crippen molar-refractivity contribution in [3.8, 4) is 5.75 Å². The van der Waals surface area contributed by atoms with Crippen molar-refractivity contribution < 1.29 is 5.11 Å². The summed E-state index contributed by atoms with van der Waals surface area (Å²) in [5, 5.41) is 9.51. The molecule has 1 aromatic carbocycles. The molecule has 0 aliphatic carbocycles. The second kappa shape index (κ2) is 5.07. The van der Waals surface area contributed by atoms with Gasteiger partial charge in [-0.1, -0.05) is 19.1 Å². The third kappa shape index (κ3) is 2.79. The van der Waals surface area contributed by atoms with Crippen LogP contribution in [0.2, 0.25) is 0 Å². The number of phenols is 1. The third-order valence-corrected chi connectivity index (χ3v) is 3.95. The Kier molecular flexibility index (Phi) is 3.69. The zero-order valence-corrected chi connectivity index (χ0v) is 10.6. The van der Waals surface area contributed by atoms with E-state index in [4.69, 9.17) is 5.73 Å². The van der Waals surface area contributed by atoms with Crippen molar-refractivity contribution in [2.45, 2.75) is 32.4 Å². The molecule has 94 valence electrons. The van der Waals surface area contributed by atoms with Crippen molar-refractivity contribution >= 4 is 0 Å². The standard InChI is InChI=1S/C14H22N2O/c1-10-6-7-16(9-14(10)15)11(2)12-4-3-5-13(17)8-12/h3-5,8,10-11,14,17H,6-7,9,15H2,1-2H3. The second-order valence-corrected chi connectivity index (χ2v) is 5.20. The molecule has 1 aliphatic rings. The van der Waals surface area contributed by atoms with Crippen LogP contribution >= 0.6 is 0 Å². The third-order valence-electron chi connectivity index (χ3n) is 3.95. The van der Waals surface area contributed by atoms with Crippen LogP contribution in [0, 0.1) is 5.92 Å². The first-order chi connectivity index (χ1) is 8.08. The van der Waals surface area contributed by atoms with E-state index in [1.807, 2.05) is 12.1 Å². The average Bonchev–Trinajstić information content (AvgIpc) is 2.32. The summed E-state index contributed by atoms with van der Waals surface area (Å²) >= 11 is 0. The van der Waals surface area contributed by atoms with Crippen LogP contribution in [0.1, 0.15) is 31.9 Å². The molecule has 1 fully saturated rings. The van der Waals surface area contributed by atoms with Crippen LogP contribution in [-0.2, 0) is 0 Å². The summed E-state index contributed by atoms with van der Waals surface area (Å²) in [6, 6.07) is 8.10. The highest BCUT2D eigenvalue weighted by atomic mass is 16.3. The molecule has 1 heterocycles. The first kappa shape index (κ1) is 12.4. The molecule has 0 spiro atoms. The predicted octanol–water partition coefficient (Wildman–Crippen LogP) is 2.12. The van der Waals surface area contributed by atoms with E-state index >= 15 is 0 Å². The van der Waals surface area contributed by atoms with Gasteiger partial charge in [-0.3, -0.25) is 4.90 Å². The van der Waals surface area contributed by atoms with Crippen LogP contribution in [0.4, 0.5) is 0 Å². The molecule has 0 amide bonds. The molecule has 0 saturated carbocycles. The number of piperidine rings is 1. The maximum absolute atomic E-state index is 9.51. The van der Waals surface area contributed by atoms with Gasteiger partial charge in [0, 0.05) is 18.6 Å². The van der Waals surface area contributed by atoms with E-state index in [1.165, 1.54) is 0 Å². The largest absolute Gasteiger partial charge is 0.508 e. The van der Waals surface area contributed by atoms with Crippen LogP contribution in [-0.4, -0.2) is 29.1 Å². The Hall–Kier alpha value is -1.06. The highest BCUT2D eigenvalue weighted by molar-refractivity contribution is 5.29. The van der Waals surface area contributed by atoms with E-state index in [-0.39, 0.29) is 6.04 Å². The van der Waals surface area contributed by atoms with E-state index in [9.17, 15) is 5.11 Å². The Morgan fingerprint density at radius 1 is 1.47 bits per heavy atom. The summed E-state index contributed by atoms with van der Waals surface area (Å²) in [7, 11) is 0. The molecule has 1 aliphatic heterocycles. The molecule has 3 nitrogen and oxygen atoms in total. The van der Waals surface area contributed by atoms with E-state index in [1.54, 1.807) is 6.07 Å². The van der Waals surface area contributed by atoms with Crippen molar-refractivity contribution in [3.05, 3.63) is 29.8 Å². The molecule has 0 radical (unpaired) electrons. The molecular formula is C14H22N2O. The molecule has 2 rings (SSSR count). The SMILES string of the molecule is CC1CCN(C(C)c2cccc(O)c2)CC1N. The molecule has 17 heavy (non-hydrogen) atoms. The maximum Gasteiger partial charge on any atom is 0.115 e. The summed E-state index contributed by atoms with van der Waals surface area (Å²) in [4.78, 5) is 2.40. The van der Waals surface area contributed by atoms with Crippen LogP contribution in [0.3, 0.4) is 0 Å². The van der Waals surface area contributed by atoms with Crippen LogP contribution in [0.5, 0.6) is 5.75 Å². The highest BCUT2D eigenvalue weighted by Crippen LogP contribution is 2.27. The van der Waals surface area contributed by atoms with Crippen LogP contribution in [0.15, 0.2) is 24.3 Å². The quantitative estimate of drug-likeness (QED) is 0.824. The Labute approximate surface area is 103 Å². The Bertz CT molecular complexity index is 380. The van der Waals surface area contributed by atoms with Crippen molar-refractivity contribution in [1.82, 2.24) is 4.90 Å². The van der Waals surface area contributed by atoms with Crippen molar-refractivity contribution in [3.63, 3.8) is 0 Å². The van der Waals surface area contributed by atoms with E-state index < -0.39 is 0 Å². The van der Waals surface area contributed by atoms with Gasteiger partial charge in [-0.2, -0.15) is 0 Å². The second-order valence-electron chi connectivity index (χ2n) is 5.20. The molecule has 1 saturated heterocycles. The van der Waals surface area contributed by atoms with Crippen molar-refractivity contribution in [2.24, 2.45) is 11.7 Å². The molecule has 0 bridgehead atoms. The topological polar surface area (TPSA) is 49.5 Å². The molecule has 3 N–H and O–H groups in total. The lowest BCUT2D eigenvalue weighted by molar-refractivity contribution is 0.128. The van der Waals surface area contributed by atoms with Crippen molar-refractivity contribution in [1.29, 1.82) is 0 Å². The Balaban J connectivity index is 2.07. The van der Waals surface area contributed by atoms with Crippen LogP contribution < -0.4 is 5.73 Å². The minimum absolute atomic E-state index is 0.267. The molecule has 3 atom stereocenters. The summed E-state index contributed by atoms with van der Waals surface area (Å²) in [5.74, 6) is 0.951. The first-order valence-electron chi connectivity index (χ1n) is 6.36. The molecule has 1 aromatic rings. The van der Waals surface area contributed by atoms with Gasteiger partial charge in [-0.15, -0.1) is 0 Å². The van der Waals surface area contributed by atoms with Gasteiger partial charge in [-0.25, -0.2) is 0 Å². The molecule has 0 aromatic heterocycles. The minimum atomic E-state index is 0.267. The molecule has 3 unspecified atom stereocenters. The molecular weight excluding hydrogens is 212 g/mol. The lowest BCUT2D eigenvalue weighted by Crippen LogP contribution is -2.48. The Morgan fingerprint density at radius 2 is 2.24 bits per heavy atom. The zero-order chi connectivity index (χ0) is 12.4. The van der Waals surface area contributed by atoms with Gasteiger partial charge >= 0.3 is 0 Å². The van der Waals surface area contributed by atoms with Gasteiger partial charge in [0.2, 0.25) is 0 Å². The van der Waals surface area contributed by atoms with E-state index in [2.05, 4.69) is 24.8 Å². The van der Waals surface area contributed by atoms with Gasteiger partial charge in [0.25, 0.3) is 0 Å². The van der Waals surface area contributed by atoms with Gasteiger partial charge in [0.1, 0.15) is 5.75 Å². The zero-order valence-electron chi connectivity index (χ0n) is 10.6. The van der Waals surface area contributed by atoms with Crippen LogP contribution in [0.25, 0.3) is 0 Å². The highest BCUT2D eigenvalue weighted by Gasteiger charge is 2.26. The number of benzene rings is 1. The number of nitrogens with zero attached hydrogens (tertiary/aromatic N) is 1. The normalized spacial score (nSPS) is 27.9. The first-order valence-corrected chi connectivity index (χ1v) is 6.36. The summed E-state index contributed by atoms with van der Waals surface area (Å²) in [6.45, 7) is 6.43. The number of rotatable bonds is 2. The fourth-order valence-corrected chi connectivity index (χ4v) is 2.47. The summed E-state index contributed by atoms with van der Waals surface area (Å²) in [6.07, 6.45) is 1.16. The lowest BCUT2D eigenvalue weighted by Gasteiger charge is -2.38. The number of hydrogen-bond acceptors (Lipinski definition) is 3. The minimum Gasteiger partial charge on any atom is -0.508 e. The maximum atomic E-state index is 9.51. The number of nitrogens with two attached hydrogens (primary N) is 1.